The fourth-order valence-corrected chi connectivity index (χ4v) is 3.62. The SMILES string of the molecule is CC(C)(C)[S+]([O-])N=Cc1cccc(C(F)(F)F)c1Sc1ncccc1CO. The highest BCUT2D eigenvalue weighted by Gasteiger charge is 2.35. The number of hydrogen-bond acceptors (Lipinski definition) is 5. The minimum absolute atomic E-state index is 0.104. The summed E-state index contributed by atoms with van der Waals surface area (Å²) in [7, 11) is 0. The van der Waals surface area contributed by atoms with Gasteiger partial charge in [0.25, 0.3) is 0 Å². The lowest BCUT2D eigenvalue weighted by Crippen LogP contribution is -2.25. The topological polar surface area (TPSA) is 68.5 Å². The normalized spacial score (nSPS) is 13.9. The van der Waals surface area contributed by atoms with Crippen molar-refractivity contribution in [3.8, 4) is 0 Å². The molecule has 0 aliphatic carbocycles. The Kier molecular flexibility index (Phi) is 6.96. The van der Waals surface area contributed by atoms with Gasteiger partial charge in [0, 0.05) is 22.2 Å². The van der Waals surface area contributed by atoms with Crippen molar-refractivity contribution in [3.63, 3.8) is 0 Å². The Bertz CT molecular complexity index is 821. The van der Waals surface area contributed by atoms with E-state index in [0.717, 1.165) is 17.8 Å². The van der Waals surface area contributed by atoms with Crippen LogP contribution in [0.4, 0.5) is 13.2 Å². The zero-order valence-corrected chi connectivity index (χ0v) is 16.6. The zero-order chi connectivity index (χ0) is 20.2. The maximum atomic E-state index is 13.5. The number of alkyl halides is 3. The van der Waals surface area contributed by atoms with Crippen LogP contribution in [0.3, 0.4) is 0 Å². The zero-order valence-electron chi connectivity index (χ0n) is 14.9. The van der Waals surface area contributed by atoms with Crippen LogP contribution in [0, 0.1) is 0 Å². The summed E-state index contributed by atoms with van der Waals surface area (Å²) in [5.74, 6) is 0. The van der Waals surface area contributed by atoms with E-state index in [9.17, 15) is 22.8 Å². The number of halogens is 3. The van der Waals surface area contributed by atoms with E-state index in [2.05, 4.69) is 9.38 Å². The molecule has 0 spiro atoms. The molecule has 1 aromatic heterocycles. The molecule has 0 saturated heterocycles. The molecule has 1 heterocycles. The van der Waals surface area contributed by atoms with Crippen LogP contribution in [0.2, 0.25) is 0 Å². The lowest BCUT2D eigenvalue weighted by atomic mass is 10.1. The van der Waals surface area contributed by atoms with E-state index in [1.54, 1.807) is 32.9 Å². The van der Waals surface area contributed by atoms with Crippen molar-refractivity contribution in [3.05, 3.63) is 53.2 Å². The van der Waals surface area contributed by atoms with E-state index in [1.807, 2.05) is 0 Å². The second-order valence-corrected chi connectivity index (χ2v) is 9.48. The number of aliphatic hydroxyl groups is 1. The van der Waals surface area contributed by atoms with Crippen molar-refractivity contribution < 1.29 is 22.8 Å². The van der Waals surface area contributed by atoms with Crippen molar-refractivity contribution in [2.75, 3.05) is 0 Å². The molecule has 1 aromatic carbocycles. The highest BCUT2D eigenvalue weighted by Crippen LogP contribution is 2.41. The lowest BCUT2D eigenvalue weighted by molar-refractivity contribution is -0.139. The molecular formula is C18H19F3N2O2S2. The van der Waals surface area contributed by atoms with Crippen LogP contribution in [0.1, 0.15) is 37.5 Å². The Morgan fingerprint density at radius 1 is 1.22 bits per heavy atom. The molecule has 0 radical (unpaired) electrons. The Morgan fingerprint density at radius 3 is 2.52 bits per heavy atom. The minimum atomic E-state index is -4.58. The number of aromatic nitrogens is 1. The van der Waals surface area contributed by atoms with E-state index in [0.29, 0.717) is 5.56 Å². The van der Waals surface area contributed by atoms with Crippen LogP contribution in [-0.4, -0.2) is 25.6 Å². The third-order valence-corrected chi connectivity index (χ3v) is 5.95. The fraction of sp³-hybridized carbons (Fsp3) is 0.333. The lowest BCUT2D eigenvalue weighted by Gasteiger charge is -2.18. The molecule has 0 aliphatic rings. The van der Waals surface area contributed by atoms with Crippen LogP contribution < -0.4 is 0 Å². The van der Waals surface area contributed by atoms with Crippen LogP contribution in [-0.2, 0) is 24.1 Å². The van der Waals surface area contributed by atoms with E-state index >= 15 is 0 Å². The summed E-state index contributed by atoms with van der Waals surface area (Å²) in [6.45, 7) is 4.83. The van der Waals surface area contributed by atoms with Gasteiger partial charge in [-0.3, -0.25) is 0 Å². The van der Waals surface area contributed by atoms with E-state index in [1.165, 1.54) is 24.5 Å². The van der Waals surface area contributed by atoms with Crippen LogP contribution >= 0.6 is 11.8 Å². The number of hydrogen-bond donors (Lipinski definition) is 1. The number of benzene rings is 1. The van der Waals surface area contributed by atoms with Crippen molar-refractivity contribution in [2.24, 2.45) is 4.40 Å². The van der Waals surface area contributed by atoms with Gasteiger partial charge in [0.2, 0.25) is 0 Å². The Hall–Kier alpha value is -1.55. The number of nitrogens with zero attached hydrogens (tertiary/aromatic N) is 2. The van der Waals surface area contributed by atoms with Crippen molar-refractivity contribution in [2.45, 2.75) is 48.2 Å². The van der Waals surface area contributed by atoms with Gasteiger partial charge in [-0.25, -0.2) is 4.98 Å². The van der Waals surface area contributed by atoms with Gasteiger partial charge in [0.15, 0.2) is 0 Å². The number of rotatable bonds is 5. The molecule has 0 bridgehead atoms. The number of aliphatic hydroxyl groups excluding tert-OH is 1. The summed E-state index contributed by atoms with van der Waals surface area (Å²) in [6.07, 6.45) is -1.94. The molecule has 2 aromatic rings. The maximum Gasteiger partial charge on any atom is 0.417 e. The van der Waals surface area contributed by atoms with E-state index in [4.69, 9.17) is 0 Å². The first-order chi connectivity index (χ1) is 12.5. The smallest absolute Gasteiger partial charge is 0.417 e. The summed E-state index contributed by atoms with van der Waals surface area (Å²) < 4.78 is 56.0. The highest BCUT2D eigenvalue weighted by molar-refractivity contribution is 7.99. The molecule has 1 atom stereocenters. The molecule has 9 heteroatoms. The molecule has 1 unspecified atom stereocenters. The summed E-state index contributed by atoms with van der Waals surface area (Å²) in [4.78, 5) is 3.97. The summed E-state index contributed by atoms with van der Waals surface area (Å²) in [5, 5.41) is 9.69. The van der Waals surface area contributed by atoms with Crippen LogP contribution in [0.15, 0.2) is 50.8 Å². The predicted octanol–water partition coefficient (Wildman–Crippen LogP) is 4.63. The van der Waals surface area contributed by atoms with Crippen molar-refractivity contribution in [1.29, 1.82) is 0 Å². The van der Waals surface area contributed by atoms with Crippen LogP contribution in [0.25, 0.3) is 0 Å². The van der Waals surface area contributed by atoms with Gasteiger partial charge in [-0.15, -0.1) is 0 Å². The average Bonchev–Trinajstić information content (AvgIpc) is 2.59. The first kappa shape index (κ1) is 21.7. The first-order valence-electron chi connectivity index (χ1n) is 7.93. The van der Waals surface area contributed by atoms with Gasteiger partial charge in [0.05, 0.1) is 18.4 Å². The molecular weight excluding hydrogens is 397 g/mol. The van der Waals surface area contributed by atoms with E-state index in [-0.39, 0.29) is 22.1 Å². The summed E-state index contributed by atoms with van der Waals surface area (Å²) >= 11 is -0.806. The van der Waals surface area contributed by atoms with Crippen molar-refractivity contribution in [1.82, 2.24) is 4.98 Å². The van der Waals surface area contributed by atoms with E-state index < -0.39 is 27.8 Å². The summed E-state index contributed by atoms with van der Waals surface area (Å²) in [6, 6.07) is 6.91. The summed E-state index contributed by atoms with van der Waals surface area (Å²) in [5.41, 5.74) is -0.241. The largest absolute Gasteiger partial charge is 0.591 e. The third kappa shape index (κ3) is 5.71. The quantitative estimate of drug-likeness (QED) is 0.570. The average molecular weight is 416 g/mol. The molecule has 1 N–H and O–H groups in total. The van der Waals surface area contributed by atoms with Crippen molar-refractivity contribution >= 4 is 29.3 Å². The highest BCUT2D eigenvalue weighted by atomic mass is 32.2. The molecule has 0 saturated carbocycles. The standard InChI is InChI=1S/C18H19F3N2O2S2/c1-17(2,3)27(25)23-10-12-6-4-8-14(18(19,20)21)15(12)26-16-13(11-24)7-5-9-22-16/h4-10,24H,11H2,1-3H3. The van der Waals surface area contributed by atoms with Crippen LogP contribution in [0.5, 0.6) is 0 Å². The number of pyridine rings is 1. The van der Waals surface area contributed by atoms with Gasteiger partial charge in [-0.2, -0.15) is 13.2 Å². The second-order valence-electron chi connectivity index (χ2n) is 6.55. The third-order valence-electron chi connectivity index (χ3n) is 3.38. The molecule has 146 valence electrons. The van der Waals surface area contributed by atoms with Gasteiger partial charge in [-0.1, -0.05) is 34.4 Å². The second kappa shape index (κ2) is 8.64. The Morgan fingerprint density at radius 2 is 1.93 bits per heavy atom. The monoisotopic (exact) mass is 416 g/mol. The van der Waals surface area contributed by atoms with Gasteiger partial charge >= 0.3 is 6.18 Å². The fourth-order valence-electron chi connectivity index (χ4n) is 1.99. The van der Waals surface area contributed by atoms with Gasteiger partial charge in [0.1, 0.15) is 21.1 Å². The molecule has 2 rings (SSSR count). The minimum Gasteiger partial charge on any atom is -0.591 e. The Labute approximate surface area is 163 Å². The molecule has 0 amide bonds. The Balaban J connectivity index is 2.53. The van der Waals surface area contributed by atoms with Gasteiger partial charge < -0.3 is 9.66 Å². The maximum absolute atomic E-state index is 13.5. The molecule has 0 aliphatic heterocycles. The van der Waals surface area contributed by atoms with Gasteiger partial charge in [-0.05, 0) is 32.9 Å². The first-order valence-corrected chi connectivity index (χ1v) is 9.85. The molecule has 0 fully saturated rings. The molecule has 4 nitrogen and oxygen atoms in total. The predicted molar refractivity (Wildman–Crippen MR) is 101 cm³/mol. The molecule has 27 heavy (non-hydrogen) atoms.